The fourth-order valence-corrected chi connectivity index (χ4v) is 0.610. The van der Waals surface area contributed by atoms with Crippen molar-refractivity contribution in [2.24, 2.45) is 11.5 Å². The molecule has 0 fully saturated rings. The van der Waals surface area contributed by atoms with Crippen molar-refractivity contribution in [1.82, 2.24) is 10.6 Å². The highest BCUT2D eigenvalue weighted by molar-refractivity contribution is 5.07. The van der Waals surface area contributed by atoms with Crippen LogP contribution in [0, 0.1) is 0 Å². The second kappa shape index (κ2) is 5.82. The van der Waals surface area contributed by atoms with Gasteiger partial charge in [0.2, 0.25) is 0 Å². The summed E-state index contributed by atoms with van der Waals surface area (Å²) in [5, 5.41) is 14.4. The van der Waals surface area contributed by atoms with Crippen LogP contribution in [0.4, 0.5) is 0 Å². The second-order valence-corrected chi connectivity index (χ2v) is 2.02. The highest BCUT2D eigenvalue weighted by Gasteiger charge is 1.97. The molecule has 0 rings (SSSR count). The van der Waals surface area contributed by atoms with E-state index in [4.69, 9.17) is 16.6 Å². The van der Waals surface area contributed by atoms with Gasteiger partial charge in [-0.15, -0.1) is 0 Å². The average Bonchev–Trinajstić information content (AvgIpc) is 2.05. The maximum atomic E-state index is 8.77. The minimum atomic E-state index is -0.104. The maximum Gasteiger partial charge on any atom is 0.118 e. The van der Waals surface area contributed by atoms with Crippen molar-refractivity contribution < 1.29 is 5.11 Å². The number of nitrogens with two attached hydrogens (primary N) is 2. The van der Waals surface area contributed by atoms with Crippen molar-refractivity contribution in [3.63, 3.8) is 0 Å². The lowest BCUT2D eigenvalue weighted by molar-refractivity contribution is 0.319. The van der Waals surface area contributed by atoms with Gasteiger partial charge in [0.15, 0.2) is 0 Å². The molecule has 0 heterocycles. The molecule has 0 bridgehead atoms. The summed E-state index contributed by atoms with van der Waals surface area (Å²) < 4.78 is 0. The van der Waals surface area contributed by atoms with Gasteiger partial charge in [-0.2, -0.15) is 0 Å². The van der Waals surface area contributed by atoms with Crippen LogP contribution in [-0.2, 0) is 0 Å². The standard InChI is InChI=1S/C6H16N4O/c1-9-6(8)5(4-11)10-3-2-7/h9-11H,2-4,7-8H2,1H3/b6-5+. The van der Waals surface area contributed by atoms with E-state index < -0.39 is 0 Å². The molecule has 7 N–H and O–H groups in total. The predicted molar refractivity (Wildman–Crippen MR) is 44.4 cm³/mol. The third-order valence-electron chi connectivity index (χ3n) is 1.24. The third-order valence-corrected chi connectivity index (χ3v) is 1.24. The summed E-state index contributed by atoms with van der Waals surface area (Å²) in [6, 6.07) is 0. The molecule has 0 saturated carbocycles. The zero-order chi connectivity index (χ0) is 8.69. The van der Waals surface area contributed by atoms with Gasteiger partial charge in [0.1, 0.15) is 5.82 Å². The van der Waals surface area contributed by atoms with E-state index in [1.807, 2.05) is 0 Å². The summed E-state index contributed by atoms with van der Waals surface area (Å²) in [7, 11) is 1.69. The van der Waals surface area contributed by atoms with Gasteiger partial charge in [0.25, 0.3) is 0 Å². The Bertz CT molecular complexity index is 135. The molecular formula is C6H16N4O. The SMILES string of the molecule is CN/C(N)=C(\CO)NCCN. The van der Waals surface area contributed by atoms with Crippen LogP contribution >= 0.6 is 0 Å². The fourth-order valence-electron chi connectivity index (χ4n) is 0.610. The molecule has 5 nitrogen and oxygen atoms in total. The van der Waals surface area contributed by atoms with Gasteiger partial charge < -0.3 is 27.2 Å². The van der Waals surface area contributed by atoms with Crippen LogP contribution in [0.25, 0.3) is 0 Å². The van der Waals surface area contributed by atoms with Gasteiger partial charge in [-0.3, -0.25) is 0 Å². The van der Waals surface area contributed by atoms with Crippen molar-refractivity contribution in [3.05, 3.63) is 11.5 Å². The Hall–Kier alpha value is -0.940. The molecule has 11 heavy (non-hydrogen) atoms. The molecule has 0 aromatic carbocycles. The molecule has 0 radical (unpaired) electrons. The average molecular weight is 160 g/mol. The molecule has 0 aromatic rings. The van der Waals surface area contributed by atoms with Crippen LogP contribution in [0.2, 0.25) is 0 Å². The maximum absolute atomic E-state index is 8.77. The number of aliphatic hydroxyl groups excluding tert-OH is 1. The fraction of sp³-hybridized carbons (Fsp3) is 0.667. The lowest BCUT2D eigenvalue weighted by atomic mass is 10.4. The van der Waals surface area contributed by atoms with Gasteiger partial charge in [-0.25, -0.2) is 0 Å². The quantitative estimate of drug-likeness (QED) is 0.317. The van der Waals surface area contributed by atoms with Crippen LogP contribution in [0.5, 0.6) is 0 Å². The van der Waals surface area contributed by atoms with Crippen LogP contribution in [0.1, 0.15) is 0 Å². The molecule has 0 aliphatic heterocycles. The van der Waals surface area contributed by atoms with Crippen molar-refractivity contribution in [3.8, 4) is 0 Å². The van der Waals surface area contributed by atoms with Crippen molar-refractivity contribution in [2.45, 2.75) is 0 Å². The molecule has 0 saturated heterocycles. The number of rotatable bonds is 5. The van der Waals surface area contributed by atoms with Gasteiger partial charge in [-0.05, 0) is 0 Å². The van der Waals surface area contributed by atoms with Crippen LogP contribution in [0.3, 0.4) is 0 Å². The topological polar surface area (TPSA) is 96.3 Å². The van der Waals surface area contributed by atoms with E-state index in [2.05, 4.69) is 10.6 Å². The Morgan fingerprint density at radius 2 is 2.18 bits per heavy atom. The molecule has 0 aliphatic rings. The largest absolute Gasteiger partial charge is 0.390 e. The number of hydrogen-bond acceptors (Lipinski definition) is 5. The molecule has 0 unspecified atom stereocenters. The van der Waals surface area contributed by atoms with Crippen molar-refractivity contribution in [2.75, 3.05) is 26.7 Å². The van der Waals surface area contributed by atoms with Gasteiger partial charge in [-0.1, -0.05) is 0 Å². The van der Waals surface area contributed by atoms with E-state index in [1.165, 1.54) is 0 Å². The smallest absolute Gasteiger partial charge is 0.118 e. The normalized spacial score (nSPS) is 12.3. The Labute approximate surface area is 66.4 Å². The number of hydrogen-bond donors (Lipinski definition) is 5. The van der Waals surface area contributed by atoms with Crippen LogP contribution in [0.15, 0.2) is 11.5 Å². The molecule has 66 valence electrons. The second-order valence-electron chi connectivity index (χ2n) is 2.02. The zero-order valence-electron chi connectivity index (χ0n) is 6.72. The molecule has 5 heteroatoms. The first-order chi connectivity index (χ1) is 5.26. The summed E-state index contributed by atoms with van der Waals surface area (Å²) >= 11 is 0. The van der Waals surface area contributed by atoms with E-state index in [9.17, 15) is 0 Å². The predicted octanol–water partition coefficient (Wildman–Crippen LogP) is -2.13. The third kappa shape index (κ3) is 3.69. The molecule has 0 amide bonds. The molecule has 0 aliphatic carbocycles. The molecule has 0 atom stereocenters. The number of nitrogens with one attached hydrogen (secondary N) is 2. The first-order valence-electron chi connectivity index (χ1n) is 3.47. The van der Waals surface area contributed by atoms with Crippen LogP contribution in [-0.4, -0.2) is 31.9 Å². The summed E-state index contributed by atoms with van der Waals surface area (Å²) in [6.45, 7) is 1.02. The van der Waals surface area contributed by atoms with E-state index in [1.54, 1.807) is 7.05 Å². The minimum Gasteiger partial charge on any atom is -0.390 e. The molecular weight excluding hydrogens is 144 g/mol. The molecule has 0 aromatic heterocycles. The monoisotopic (exact) mass is 160 g/mol. The summed E-state index contributed by atoms with van der Waals surface area (Å²) in [5.41, 5.74) is 11.3. The highest BCUT2D eigenvalue weighted by Crippen LogP contribution is 1.87. The van der Waals surface area contributed by atoms with Crippen molar-refractivity contribution in [1.29, 1.82) is 0 Å². The lowest BCUT2D eigenvalue weighted by Crippen LogP contribution is -2.30. The van der Waals surface area contributed by atoms with E-state index in [-0.39, 0.29) is 6.61 Å². The summed E-state index contributed by atoms with van der Waals surface area (Å²) in [6.07, 6.45) is 0. The first-order valence-corrected chi connectivity index (χ1v) is 3.47. The zero-order valence-corrected chi connectivity index (χ0v) is 6.72. The Morgan fingerprint density at radius 3 is 2.55 bits per heavy atom. The highest BCUT2D eigenvalue weighted by atomic mass is 16.3. The van der Waals surface area contributed by atoms with Crippen molar-refractivity contribution >= 4 is 0 Å². The van der Waals surface area contributed by atoms with E-state index in [0.717, 1.165) is 0 Å². The van der Waals surface area contributed by atoms with Gasteiger partial charge in [0, 0.05) is 20.1 Å². The van der Waals surface area contributed by atoms with Gasteiger partial charge in [0.05, 0.1) is 12.3 Å². The Kier molecular flexibility index (Phi) is 5.32. The summed E-state index contributed by atoms with van der Waals surface area (Å²) in [4.78, 5) is 0. The lowest BCUT2D eigenvalue weighted by Gasteiger charge is -2.10. The molecule has 0 spiro atoms. The van der Waals surface area contributed by atoms with Crippen LogP contribution < -0.4 is 22.1 Å². The Balaban J connectivity index is 3.92. The minimum absolute atomic E-state index is 0.104. The summed E-state index contributed by atoms with van der Waals surface area (Å²) in [5.74, 6) is 0.445. The van der Waals surface area contributed by atoms with E-state index >= 15 is 0 Å². The van der Waals surface area contributed by atoms with Gasteiger partial charge >= 0.3 is 0 Å². The van der Waals surface area contributed by atoms with E-state index in [0.29, 0.717) is 24.6 Å². The number of aliphatic hydroxyl groups is 1. The Morgan fingerprint density at radius 1 is 1.55 bits per heavy atom. The first kappa shape index (κ1) is 10.1.